The van der Waals surface area contributed by atoms with E-state index in [2.05, 4.69) is 24.9 Å². The van der Waals surface area contributed by atoms with Crippen LogP contribution in [-0.4, -0.2) is 35.2 Å². The molecule has 0 heterocycles. The van der Waals surface area contributed by atoms with Crippen LogP contribution in [0.4, 0.5) is 0 Å². The average molecular weight is 250 g/mol. The third-order valence-corrected chi connectivity index (χ3v) is 4.89. The molecule has 0 aromatic heterocycles. The van der Waals surface area contributed by atoms with E-state index >= 15 is 0 Å². The Kier molecular flexibility index (Phi) is 4.29. The summed E-state index contributed by atoms with van der Waals surface area (Å²) < 4.78 is 0. The number of nitriles is 1. The average Bonchev–Trinajstić information content (AvgIpc) is 2.75. The van der Waals surface area contributed by atoms with Gasteiger partial charge in [0.1, 0.15) is 0 Å². The van der Waals surface area contributed by atoms with Crippen LogP contribution in [0.5, 0.6) is 0 Å². The highest BCUT2D eigenvalue weighted by Crippen LogP contribution is 2.35. The first kappa shape index (κ1) is 13.8. The minimum absolute atomic E-state index is 0.149. The van der Waals surface area contributed by atoms with E-state index in [1.165, 1.54) is 6.42 Å². The van der Waals surface area contributed by atoms with Gasteiger partial charge in [-0.1, -0.05) is 19.8 Å². The molecule has 3 atom stereocenters. The SMILES string of the molecule is CC1CCC(C#N)C(N(C)CC2(O)CCCC2)C1. The molecule has 3 nitrogen and oxygen atoms in total. The molecule has 0 saturated heterocycles. The second-order valence-corrected chi connectivity index (χ2v) is 6.57. The third-order valence-electron chi connectivity index (χ3n) is 4.89. The molecule has 2 aliphatic rings. The third kappa shape index (κ3) is 3.05. The first-order chi connectivity index (χ1) is 8.54. The molecular formula is C15H26N2O. The molecule has 1 N–H and O–H groups in total. The molecule has 18 heavy (non-hydrogen) atoms. The molecule has 0 bridgehead atoms. The Labute approximate surface area is 111 Å². The molecule has 102 valence electrons. The van der Waals surface area contributed by atoms with Crippen LogP contribution in [0.2, 0.25) is 0 Å². The van der Waals surface area contributed by atoms with Gasteiger partial charge in [0.2, 0.25) is 0 Å². The zero-order valence-corrected chi connectivity index (χ0v) is 11.7. The van der Waals surface area contributed by atoms with Crippen LogP contribution in [0.1, 0.15) is 51.9 Å². The molecule has 0 aliphatic heterocycles. The maximum atomic E-state index is 10.5. The summed E-state index contributed by atoms with van der Waals surface area (Å²) in [6.45, 7) is 3.02. The molecular weight excluding hydrogens is 224 g/mol. The summed E-state index contributed by atoms with van der Waals surface area (Å²) in [5, 5.41) is 19.8. The Morgan fingerprint density at radius 1 is 1.33 bits per heavy atom. The normalized spacial score (nSPS) is 35.6. The monoisotopic (exact) mass is 250 g/mol. The van der Waals surface area contributed by atoms with Gasteiger partial charge in [0.05, 0.1) is 17.6 Å². The second kappa shape index (κ2) is 5.59. The Balaban J connectivity index is 1.97. The summed E-state index contributed by atoms with van der Waals surface area (Å²) in [4.78, 5) is 2.26. The van der Waals surface area contributed by atoms with Gasteiger partial charge in [-0.15, -0.1) is 0 Å². The van der Waals surface area contributed by atoms with Crippen molar-refractivity contribution in [2.45, 2.75) is 63.5 Å². The van der Waals surface area contributed by atoms with Crippen molar-refractivity contribution < 1.29 is 5.11 Å². The molecule has 0 spiro atoms. The van der Waals surface area contributed by atoms with E-state index in [0.29, 0.717) is 12.0 Å². The summed E-state index contributed by atoms with van der Waals surface area (Å²) in [6, 6.07) is 2.81. The molecule has 2 fully saturated rings. The number of likely N-dealkylation sites (N-methyl/N-ethyl adjacent to an activating group) is 1. The highest BCUT2D eigenvalue weighted by Gasteiger charge is 2.37. The van der Waals surface area contributed by atoms with Crippen LogP contribution in [0.25, 0.3) is 0 Å². The van der Waals surface area contributed by atoms with E-state index in [1.807, 2.05) is 0 Å². The number of nitrogens with zero attached hydrogens (tertiary/aromatic N) is 2. The van der Waals surface area contributed by atoms with Gasteiger partial charge in [-0.25, -0.2) is 0 Å². The van der Waals surface area contributed by atoms with Crippen molar-refractivity contribution in [1.82, 2.24) is 4.90 Å². The van der Waals surface area contributed by atoms with Gasteiger partial charge in [0.15, 0.2) is 0 Å². The first-order valence-corrected chi connectivity index (χ1v) is 7.36. The van der Waals surface area contributed by atoms with Crippen molar-refractivity contribution in [2.24, 2.45) is 11.8 Å². The van der Waals surface area contributed by atoms with Gasteiger partial charge in [0.25, 0.3) is 0 Å². The molecule has 3 heteroatoms. The van der Waals surface area contributed by atoms with Crippen LogP contribution < -0.4 is 0 Å². The van der Waals surface area contributed by atoms with Crippen LogP contribution in [0.3, 0.4) is 0 Å². The summed E-state index contributed by atoms with van der Waals surface area (Å²) >= 11 is 0. The highest BCUT2D eigenvalue weighted by molar-refractivity contribution is 4.98. The summed E-state index contributed by atoms with van der Waals surface area (Å²) in [6.07, 6.45) is 7.44. The minimum atomic E-state index is -0.491. The molecule has 0 aromatic rings. The highest BCUT2D eigenvalue weighted by atomic mass is 16.3. The zero-order valence-electron chi connectivity index (χ0n) is 11.7. The van der Waals surface area contributed by atoms with E-state index in [9.17, 15) is 10.4 Å². The fourth-order valence-corrected chi connectivity index (χ4v) is 3.76. The lowest BCUT2D eigenvalue weighted by Crippen LogP contribution is -2.48. The Hall–Kier alpha value is -0.590. The number of hydrogen-bond donors (Lipinski definition) is 1. The van der Waals surface area contributed by atoms with E-state index in [0.717, 1.165) is 45.1 Å². The maximum absolute atomic E-state index is 10.5. The van der Waals surface area contributed by atoms with Crippen LogP contribution >= 0.6 is 0 Å². The minimum Gasteiger partial charge on any atom is -0.389 e. The van der Waals surface area contributed by atoms with Gasteiger partial charge in [-0.3, -0.25) is 4.90 Å². The van der Waals surface area contributed by atoms with Gasteiger partial charge < -0.3 is 5.11 Å². The van der Waals surface area contributed by atoms with E-state index in [4.69, 9.17) is 0 Å². The number of hydrogen-bond acceptors (Lipinski definition) is 3. The molecule has 0 aromatic carbocycles. The van der Waals surface area contributed by atoms with Crippen molar-refractivity contribution in [1.29, 1.82) is 5.26 Å². The molecule has 2 rings (SSSR count). The fraction of sp³-hybridized carbons (Fsp3) is 0.933. The number of aliphatic hydroxyl groups is 1. The molecule has 3 unspecified atom stereocenters. The quantitative estimate of drug-likeness (QED) is 0.837. The van der Waals surface area contributed by atoms with Crippen LogP contribution in [0, 0.1) is 23.2 Å². The fourth-order valence-electron chi connectivity index (χ4n) is 3.76. The topological polar surface area (TPSA) is 47.3 Å². The second-order valence-electron chi connectivity index (χ2n) is 6.57. The zero-order chi connectivity index (χ0) is 13.2. The smallest absolute Gasteiger partial charge is 0.0774 e. The van der Waals surface area contributed by atoms with Gasteiger partial charge in [-0.05, 0) is 45.1 Å². The van der Waals surface area contributed by atoms with Crippen molar-refractivity contribution in [3.05, 3.63) is 0 Å². The number of rotatable bonds is 3. The lowest BCUT2D eigenvalue weighted by molar-refractivity contribution is -0.00773. The van der Waals surface area contributed by atoms with E-state index < -0.39 is 5.60 Å². The van der Waals surface area contributed by atoms with Crippen molar-refractivity contribution in [3.8, 4) is 6.07 Å². The Morgan fingerprint density at radius 3 is 2.61 bits per heavy atom. The van der Waals surface area contributed by atoms with E-state index in [-0.39, 0.29) is 5.92 Å². The van der Waals surface area contributed by atoms with Crippen molar-refractivity contribution in [3.63, 3.8) is 0 Å². The Morgan fingerprint density at radius 2 is 2.00 bits per heavy atom. The van der Waals surface area contributed by atoms with Crippen molar-refractivity contribution in [2.75, 3.05) is 13.6 Å². The molecule has 2 saturated carbocycles. The van der Waals surface area contributed by atoms with Gasteiger partial charge >= 0.3 is 0 Å². The Bertz CT molecular complexity index is 317. The van der Waals surface area contributed by atoms with Gasteiger partial charge in [0, 0.05) is 12.6 Å². The summed E-state index contributed by atoms with van der Waals surface area (Å²) in [7, 11) is 2.09. The van der Waals surface area contributed by atoms with Gasteiger partial charge in [-0.2, -0.15) is 5.26 Å². The van der Waals surface area contributed by atoms with Crippen LogP contribution in [-0.2, 0) is 0 Å². The van der Waals surface area contributed by atoms with Crippen LogP contribution in [0.15, 0.2) is 0 Å². The molecule has 0 radical (unpaired) electrons. The molecule has 0 amide bonds. The predicted octanol–water partition coefficient (Wildman–Crippen LogP) is 2.55. The maximum Gasteiger partial charge on any atom is 0.0774 e. The lowest BCUT2D eigenvalue weighted by Gasteiger charge is -2.40. The lowest BCUT2D eigenvalue weighted by atomic mass is 9.78. The first-order valence-electron chi connectivity index (χ1n) is 7.36. The summed E-state index contributed by atoms with van der Waals surface area (Å²) in [5.41, 5.74) is -0.491. The summed E-state index contributed by atoms with van der Waals surface area (Å²) in [5.74, 6) is 0.858. The molecule has 2 aliphatic carbocycles. The standard InChI is InChI=1S/C15H26N2O/c1-12-5-6-13(10-16)14(9-12)17(2)11-15(18)7-3-4-8-15/h12-14,18H,3-9,11H2,1-2H3. The largest absolute Gasteiger partial charge is 0.389 e. The predicted molar refractivity (Wildman–Crippen MR) is 72.0 cm³/mol. The van der Waals surface area contributed by atoms with E-state index in [1.54, 1.807) is 0 Å². The van der Waals surface area contributed by atoms with Crippen molar-refractivity contribution >= 4 is 0 Å².